The zero-order chi connectivity index (χ0) is 16.4. The number of hydrazine groups is 1. The summed E-state index contributed by atoms with van der Waals surface area (Å²) in [5.74, 6) is -0.264. The minimum Gasteiger partial charge on any atom is -0.365 e. The van der Waals surface area contributed by atoms with E-state index < -0.39 is 5.03 Å². The van der Waals surface area contributed by atoms with Gasteiger partial charge in [0.15, 0.2) is 5.03 Å². The average molecular weight is 315 g/mol. The molecule has 1 heterocycles. The van der Waals surface area contributed by atoms with Crippen LogP contribution in [-0.2, 0) is 4.79 Å². The molecule has 1 aliphatic heterocycles. The molecule has 0 radical (unpaired) electrons. The van der Waals surface area contributed by atoms with Gasteiger partial charge in [-0.2, -0.15) is 0 Å². The van der Waals surface area contributed by atoms with Crippen LogP contribution in [0.3, 0.4) is 0 Å². The highest BCUT2D eigenvalue weighted by Crippen LogP contribution is 2.03. The maximum absolute atomic E-state index is 12.2. The predicted octanol–water partition coefficient (Wildman–Crippen LogP) is -1.68. The second-order valence-corrected chi connectivity index (χ2v) is 5.17. The van der Waals surface area contributed by atoms with Gasteiger partial charge in [-0.3, -0.25) is 4.79 Å². The first-order valence-electron chi connectivity index (χ1n) is 7.42. The van der Waals surface area contributed by atoms with Crippen molar-refractivity contribution in [2.75, 3.05) is 26.7 Å². The molecule has 1 fully saturated rings. The topological polar surface area (TPSA) is 147 Å². The van der Waals surface area contributed by atoms with E-state index in [-0.39, 0.29) is 24.0 Å². The molecule has 0 aromatic heterocycles. The van der Waals surface area contributed by atoms with Crippen LogP contribution in [0, 0.1) is 10.1 Å². The highest BCUT2D eigenvalue weighted by Gasteiger charge is 2.20. The van der Waals surface area contributed by atoms with Gasteiger partial charge in [0.05, 0.1) is 6.04 Å². The number of aliphatic imine (C=N–C) groups is 1. The smallest absolute Gasteiger partial charge is 0.251 e. The number of hydrogen-bond donors (Lipinski definition) is 5. The number of nitrogens with two attached hydrogens (primary N) is 1. The lowest BCUT2D eigenvalue weighted by molar-refractivity contribution is -0.525. The Kier molecular flexibility index (Phi) is 8.15. The van der Waals surface area contributed by atoms with E-state index in [1.165, 1.54) is 0 Å². The molecule has 10 nitrogen and oxygen atoms in total. The molecule has 126 valence electrons. The fourth-order valence-corrected chi connectivity index (χ4v) is 2.31. The number of carbonyl (C=O) groups is 1. The van der Waals surface area contributed by atoms with E-state index in [0.717, 1.165) is 25.9 Å². The van der Waals surface area contributed by atoms with Crippen LogP contribution in [0.25, 0.3) is 0 Å². The molecule has 0 unspecified atom stereocenters. The lowest BCUT2D eigenvalue weighted by atomic mass is 10.1. The Morgan fingerprint density at radius 1 is 1.59 bits per heavy atom. The van der Waals surface area contributed by atoms with E-state index in [4.69, 9.17) is 5.73 Å². The monoisotopic (exact) mass is 315 g/mol. The highest BCUT2D eigenvalue weighted by atomic mass is 16.7. The summed E-state index contributed by atoms with van der Waals surface area (Å²) in [6.07, 6.45) is 3.23. The number of likely N-dealkylation sites (N-methyl/N-ethyl adjacent to an activating group) is 1. The number of carbonyl (C=O) groups excluding carboxylic acids is 1. The Hall–Kier alpha value is -1.94. The molecule has 1 aliphatic rings. The van der Waals surface area contributed by atoms with Crippen LogP contribution in [0.15, 0.2) is 4.99 Å². The summed E-state index contributed by atoms with van der Waals surface area (Å²) in [4.78, 5) is 26.1. The molecule has 0 bridgehead atoms. The van der Waals surface area contributed by atoms with E-state index in [0.29, 0.717) is 19.4 Å². The molecule has 22 heavy (non-hydrogen) atoms. The standard InChI is InChI=1S/C12H25N7O3/c1-14-10(5-3-7-16-12(13)18-19(21)22)11(20)17-9-4-2-6-15-8-9/h9-10,14-15H,2-8H2,1H3,(H,17,20)(H3,13,16,18)/t9-,10+/m1/s1. The molecule has 1 rings (SSSR count). The normalized spacial score (nSPS) is 20.2. The van der Waals surface area contributed by atoms with Crippen molar-refractivity contribution in [3.63, 3.8) is 0 Å². The number of amides is 1. The van der Waals surface area contributed by atoms with E-state index in [9.17, 15) is 14.9 Å². The van der Waals surface area contributed by atoms with Gasteiger partial charge in [0.1, 0.15) is 0 Å². The first-order chi connectivity index (χ1) is 10.5. The largest absolute Gasteiger partial charge is 0.365 e. The Morgan fingerprint density at radius 2 is 2.36 bits per heavy atom. The summed E-state index contributed by atoms with van der Waals surface area (Å²) in [7, 11) is 1.73. The van der Waals surface area contributed by atoms with Gasteiger partial charge in [-0.25, -0.2) is 15.1 Å². The van der Waals surface area contributed by atoms with Gasteiger partial charge in [0.25, 0.3) is 5.96 Å². The first kappa shape index (κ1) is 18.1. The van der Waals surface area contributed by atoms with Crippen LogP contribution in [-0.4, -0.2) is 55.7 Å². The number of piperidine rings is 1. The Morgan fingerprint density at radius 3 is 2.95 bits per heavy atom. The van der Waals surface area contributed by atoms with E-state index >= 15 is 0 Å². The molecule has 0 aliphatic carbocycles. The van der Waals surface area contributed by atoms with Crippen molar-refractivity contribution in [2.24, 2.45) is 10.7 Å². The second kappa shape index (κ2) is 9.90. The van der Waals surface area contributed by atoms with Gasteiger partial charge in [-0.15, -0.1) is 0 Å². The molecular formula is C12H25N7O3. The molecule has 1 saturated heterocycles. The van der Waals surface area contributed by atoms with Gasteiger partial charge in [0.2, 0.25) is 5.91 Å². The van der Waals surface area contributed by atoms with Crippen molar-refractivity contribution in [3.8, 4) is 0 Å². The third-order valence-corrected chi connectivity index (χ3v) is 3.45. The van der Waals surface area contributed by atoms with Crippen molar-refractivity contribution in [1.82, 2.24) is 21.4 Å². The number of rotatable bonds is 8. The number of hydrogen-bond acceptors (Lipinski definition) is 6. The van der Waals surface area contributed by atoms with Crippen molar-refractivity contribution >= 4 is 11.9 Å². The summed E-state index contributed by atoms with van der Waals surface area (Å²) in [5.41, 5.74) is 7.07. The summed E-state index contributed by atoms with van der Waals surface area (Å²) in [5, 5.41) is 18.6. The maximum Gasteiger partial charge on any atom is 0.251 e. The van der Waals surface area contributed by atoms with E-state index in [1.807, 2.05) is 0 Å². The molecule has 1 amide bonds. The van der Waals surface area contributed by atoms with Crippen LogP contribution in [0.5, 0.6) is 0 Å². The second-order valence-electron chi connectivity index (χ2n) is 5.17. The number of guanidine groups is 1. The summed E-state index contributed by atoms with van der Waals surface area (Å²) in [6.45, 7) is 2.12. The molecule has 0 saturated carbocycles. The van der Waals surface area contributed by atoms with Crippen molar-refractivity contribution < 1.29 is 9.83 Å². The summed E-state index contributed by atoms with van der Waals surface area (Å²) in [6, 6.07) is -0.128. The molecule has 6 N–H and O–H groups in total. The number of nitrogens with zero attached hydrogens (tertiary/aromatic N) is 2. The molecule has 0 aromatic carbocycles. The summed E-state index contributed by atoms with van der Waals surface area (Å²) >= 11 is 0. The van der Waals surface area contributed by atoms with Crippen LogP contribution < -0.4 is 27.1 Å². The molecular weight excluding hydrogens is 290 g/mol. The Balaban J connectivity index is 2.28. The number of nitro groups is 1. The molecule has 10 heteroatoms. The molecule has 2 atom stereocenters. The highest BCUT2D eigenvalue weighted by molar-refractivity contribution is 5.82. The maximum atomic E-state index is 12.2. The lowest BCUT2D eigenvalue weighted by Gasteiger charge is -2.26. The predicted molar refractivity (Wildman–Crippen MR) is 82.7 cm³/mol. The number of nitrogens with one attached hydrogen (secondary N) is 4. The third kappa shape index (κ3) is 7.18. The zero-order valence-electron chi connectivity index (χ0n) is 12.8. The van der Waals surface area contributed by atoms with Gasteiger partial charge in [-0.05, 0) is 39.3 Å². The van der Waals surface area contributed by atoms with E-state index in [2.05, 4.69) is 20.9 Å². The van der Waals surface area contributed by atoms with E-state index in [1.54, 1.807) is 12.5 Å². The van der Waals surface area contributed by atoms with Gasteiger partial charge >= 0.3 is 0 Å². The van der Waals surface area contributed by atoms with Crippen LogP contribution in [0.2, 0.25) is 0 Å². The van der Waals surface area contributed by atoms with Crippen molar-refractivity contribution in [3.05, 3.63) is 10.1 Å². The van der Waals surface area contributed by atoms with Gasteiger partial charge < -0.3 is 21.7 Å². The zero-order valence-corrected chi connectivity index (χ0v) is 12.8. The van der Waals surface area contributed by atoms with Crippen LogP contribution in [0.4, 0.5) is 0 Å². The minimum absolute atomic E-state index is 0.0310. The minimum atomic E-state index is -0.763. The van der Waals surface area contributed by atoms with Crippen molar-refractivity contribution in [1.29, 1.82) is 0 Å². The van der Waals surface area contributed by atoms with Gasteiger partial charge in [-0.1, -0.05) is 5.43 Å². The SMILES string of the molecule is CN[C@@H](CCCN=C(N)N[N+](=O)[O-])C(=O)N[C@@H]1CCCNC1. The molecule has 0 spiro atoms. The fraction of sp³-hybridized carbons (Fsp3) is 0.833. The third-order valence-electron chi connectivity index (χ3n) is 3.45. The average Bonchev–Trinajstić information content (AvgIpc) is 2.47. The van der Waals surface area contributed by atoms with Gasteiger partial charge in [0, 0.05) is 19.1 Å². The van der Waals surface area contributed by atoms with Crippen LogP contribution >= 0.6 is 0 Å². The van der Waals surface area contributed by atoms with Crippen LogP contribution in [0.1, 0.15) is 25.7 Å². The lowest BCUT2D eigenvalue weighted by Crippen LogP contribution is -2.51. The summed E-state index contributed by atoms with van der Waals surface area (Å²) < 4.78 is 0. The Bertz CT molecular complexity index is 396. The fourth-order valence-electron chi connectivity index (χ4n) is 2.31. The van der Waals surface area contributed by atoms with Crippen molar-refractivity contribution in [2.45, 2.75) is 37.8 Å². The quantitative estimate of drug-likeness (QED) is 0.118. The Labute approximate surface area is 129 Å². The molecule has 0 aromatic rings. The first-order valence-corrected chi connectivity index (χ1v) is 7.42.